The molecule has 0 radical (unpaired) electrons. The number of benzene rings is 1. The molecule has 0 amide bonds. The van der Waals surface area contributed by atoms with E-state index < -0.39 is 6.61 Å². The second kappa shape index (κ2) is 5.98. The summed E-state index contributed by atoms with van der Waals surface area (Å²) < 4.78 is 30.5. The monoisotopic (exact) mass is 345 g/mol. The molecule has 0 saturated heterocycles. The number of alkyl halides is 2. The third-order valence-electron chi connectivity index (χ3n) is 3.86. The SMILES string of the molecule is FC(F)Oc1ccc(Br)cc1CN(CC1CC1)C1CC1. The summed E-state index contributed by atoms with van der Waals surface area (Å²) in [7, 11) is 0. The van der Waals surface area contributed by atoms with Crippen molar-refractivity contribution in [1.82, 2.24) is 4.90 Å². The molecule has 0 spiro atoms. The van der Waals surface area contributed by atoms with Crippen LogP contribution in [0.15, 0.2) is 22.7 Å². The molecule has 0 N–H and O–H groups in total. The van der Waals surface area contributed by atoms with Crippen LogP contribution in [0.1, 0.15) is 31.2 Å². The maximum atomic E-state index is 12.5. The van der Waals surface area contributed by atoms with Gasteiger partial charge < -0.3 is 4.74 Å². The smallest absolute Gasteiger partial charge is 0.387 e. The van der Waals surface area contributed by atoms with Gasteiger partial charge in [0.25, 0.3) is 0 Å². The van der Waals surface area contributed by atoms with E-state index in [2.05, 4.69) is 25.6 Å². The summed E-state index contributed by atoms with van der Waals surface area (Å²) in [6.45, 7) is -0.985. The molecule has 0 bridgehead atoms. The molecule has 0 aromatic heterocycles. The van der Waals surface area contributed by atoms with Crippen molar-refractivity contribution < 1.29 is 13.5 Å². The summed E-state index contributed by atoms with van der Waals surface area (Å²) in [5, 5.41) is 0. The summed E-state index contributed by atoms with van der Waals surface area (Å²) >= 11 is 3.41. The fourth-order valence-corrected chi connectivity index (χ4v) is 2.92. The summed E-state index contributed by atoms with van der Waals surface area (Å²) in [6, 6.07) is 5.88. The average molecular weight is 346 g/mol. The van der Waals surface area contributed by atoms with Crippen LogP contribution in [0.5, 0.6) is 5.75 Å². The van der Waals surface area contributed by atoms with E-state index in [1.165, 1.54) is 25.7 Å². The van der Waals surface area contributed by atoms with Crippen LogP contribution in [0.2, 0.25) is 0 Å². The molecule has 0 aliphatic heterocycles. The van der Waals surface area contributed by atoms with Crippen LogP contribution in [0, 0.1) is 5.92 Å². The van der Waals surface area contributed by atoms with Gasteiger partial charge in [-0.2, -0.15) is 8.78 Å². The first-order valence-electron chi connectivity index (χ1n) is 7.09. The first-order valence-corrected chi connectivity index (χ1v) is 7.88. The molecule has 0 atom stereocenters. The Morgan fingerprint density at radius 2 is 2.00 bits per heavy atom. The van der Waals surface area contributed by atoms with Gasteiger partial charge in [0.05, 0.1) is 0 Å². The maximum Gasteiger partial charge on any atom is 0.387 e. The van der Waals surface area contributed by atoms with E-state index in [-0.39, 0.29) is 0 Å². The second-order valence-corrected chi connectivity index (χ2v) is 6.65. The number of nitrogens with zero attached hydrogens (tertiary/aromatic N) is 1. The number of rotatable bonds is 7. The maximum absolute atomic E-state index is 12.5. The van der Waals surface area contributed by atoms with Crippen molar-refractivity contribution >= 4 is 15.9 Å². The molecular formula is C15H18BrF2NO. The standard InChI is InChI=1S/C15H18BrF2NO/c16-12-3-6-14(20-15(17)18)11(7-12)9-19(13-4-5-13)8-10-1-2-10/h3,6-7,10,13,15H,1-2,4-5,8-9H2. The van der Waals surface area contributed by atoms with E-state index in [1.807, 2.05) is 6.07 Å². The molecule has 0 heterocycles. The molecule has 0 unspecified atom stereocenters. The Morgan fingerprint density at radius 3 is 2.60 bits per heavy atom. The van der Waals surface area contributed by atoms with Gasteiger partial charge in [-0.1, -0.05) is 15.9 Å². The Morgan fingerprint density at radius 1 is 1.25 bits per heavy atom. The van der Waals surface area contributed by atoms with Crippen LogP contribution >= 0.6 is 15.9 Å². The van der Waals surface area contributed by atoms with E-state index in [0.29, 0.717) is 18.3 Å². The highest BCUT2D eigenvalue weighted by Crippen LogP contribution is 2.37. The number of hydrogen-bond acceptors (Lipinski definition) is 2. The molecule has 2 fully saturated rings. The minimum atomic E-state index is -2.77. The van der Waals surface area contributed by atoms with Gasteiger partial charge in [-0.15, -0.1) is 0 Å². The highest BCUT2D eigenvalue weighted by molar-refractivity contribution is 9.10. The van der Waals surface area contributed by atoms with Gasteiger partial charge in [-0.25, -0.2) is 0 Å². The van der Waals surface area contributed by atoms with Crippen molar-refractivity contribution in [2.24, 2.45) is 5.92 Å². The third kappa shape index (κ3) is 3.92. The van der Waals surface area contributed by atoms with Crippen LogP contribution in [0.3, 0.4) is 0 Å². The van der Waals surface area contributed by atoms with Crippen molar-refractivity contribution in [1.29, 1.82) is 0 Å². The summed E-state index contributed by atoms with van der Waals surface area (Å²) in [4.78, 5) is 2.43. The Labute approximate surface area is 126 Å². The Balaban J connectivity index is 1.74. The molecule has 2 nitrogen and oxygen atoms in total. The molecule has 1 aromatic rings. The van der Waals surface area contributed by atoms with Crippen LogP contribution < -0.4 is 4.74 Å². The van der Waals surface area contributed by atoms with Crippen LogP contribution in [0.4, 0.5) is 8.78 Å². The molecule has 1 aromatic carbocycles. The lowest BCUT2D eigenvalue weighted by Gasteiger charge is -2.23. The predicted octanol–water partition coefficient (Wildman–Crippen LogP) is 4.42. The van der Waals surface area contributed by atoms with Crippen molar-refractivity contribution in [3.8, 4) is 5.75 Å². The topological polar surface area (TPSA) is 12.5 Å². The second-order valence-electron chi connectivity index (χ2n) is 5.73. The van der Waals surface area contributed by atoms with E-state index >= 15 is 0 Å². The van der Waals surface area contributed by atoms with E-state index in [0.717, 1.165) is 22.5 Å². The molecule has 20 heavy (non-hydrogen) atoms. The van der Waals surface area contributed by atoms with Crippen molar-refractivity contribution in [2.75, 3.05) is 6.54 Å². The zero-order valence-corrected chi connectivity index (χ0v) is 12.8. The predicted molar refractivity (Wildman–Crippen MR) is 76.9 cm³/mol. The fourth-order valence-electron chi connectivity index (χ4n) is 2.52. The number of hydrogen-bond donors (Lipinski definition) is 0. The normalized spacial score (nSPS) is 18.9. The summed E-state index contributed by atoms with van der Waals surface area (Å²) in [5.74, 6) is 1.10. The van der Waals surface area contributed by atoms with E-state index in [9.17, 15) is 8.78 Å². The van der Waals surface area contributed by atoms with Gasteiger partial charge in [0.1, 0.15) is 5.75 Å². The lowest BCUT2D eigenvalue weighted by molar-refractivity contribution is -0.0508. The minimum Gasteiger partial charge on any atom is -0.434 e. The van der Waals surface area contributed by atoms with Gasteiger partial charge >= 0.3 is 6.61 Å². The van der Waals surface area contributed by atoms with Crippen molar-refractivity contribution in [3.63, 3.8) is 0 Å². The first-order chi connectivity index (χ1) is 9.61. The van der Waals surface area contributed by atoms with Crippen LogP contribution in [-0.4, -0.2) is 24.1 Å². The zero-order valence-electron chi connectivity index (χ0n) is 11.2. The van der Waals surface area contributed by atoms with Gasteiger partial charge in [0.2, 0.25) is 0 Å². The van der Waals surface area contributed by atoms with E-state index in [1.54, 1.807) is 12.1 Å². The Kier molecular flexibility index (Phi) is 4.26. The molecule has 2 saturated carbocycles. The molecule has 110 valence electrons. The number of halogens is 3. The van der Waals surface area contributed by atoms with Gasteiger partial charge in [0, 0.05) is 29.2 Å². The number of ether oxygens (including phenoxy) is 1. The quantitative estimate of drug-likeness (QED) is 0.724. The van der Waals surface area contributed by atoms with Gasteiger partial charge in [-0.05, 0) is 49.8 Å². The van der Waals surface area contributed by atoms with Crippen LogP contribution in [-0.2, 0) is 6.54 Å². The fraction of sp³-hybridized carbons (Fsp3) is 0.600. The third-order valence-corrected chi connectivity index (χ3v) is 4.36. The molecular weight excluding hydrogens is 328 g/mol. The zero-order chi connectivity index (χ0) is 14.1. The summed E-state index contributed by atoms with van der Waals surface area (Å²) in [5.41, 5.74) is 0.840. The van der Waals surface area contributed by atoms with Crippen molar-refractivity contribution in [2.45, 2.75) is 44.9 Å². The Bertz CT molecular complexity index is 475. The van der Waals surface area contributed by atoms with Gasteiger partial charge in [0.15, 0.2) is 0 Å². The largest absolute Gasteiger partial charge is 0.434 e. The molecule has 3 rings (SSSR count). The molecule has 2 aliphatic rings. The first kappa shape index (κ1) is 14.3. The Hall–Kier alpha value is -0.680. The van der Waals surface area contributed by atoms with Gasteiger partial charge in [-0.3, -0.25) is 4.90 Å². The minimum absolute atomic E-state index is 0.296. The highest BCUT2D eigenvalue weighted by atomic mass is 79.9. The van der Waals surface area contributed by atoms with E-state index in [4.69, 9.17) is 0 Å². The molecule has 5 heteroatoms. The lowest BCUT2D eigenvalue weighted by atomic mass is 10.1. The highest BCUT2D eigenvalue weighted by Gasteiger charge is 2.34. The van der Waals surface area contributed by atoms with Crippen molar-refractivity contribution in [3.05, 3.63) is 28.2 Å². The average Bonchev–Trinajstić information content (AvgIpc) is 3.25. The molecule has 2 aliphatic carbocycles. The van der Waals surface area contributed by atoms with Crippen LogP contribution in [0.25, 0.3) is 0 Å². The summed E-state index contributed by atoms with van der Waals surface area (Å²) in [6.07, 6.45) is 5.07. The lowest BCUT2D eigenvalue weighted by Crippen LogP contribution is -2.28.